The smallest absolute Gasteiger partial charge is 0.308 e. The second kappa shape index (κ2) is 22.0. The Hall–Kier alpha value is -12.4. The average Bonchev–Trinajstić information content (AvgIpc) is 1.60. The van der Waals surface area contributed by atoms with E-state index < -0.39 is 11.7 Å². The quantitative estimate of drug-likeness (QED) is 0.155. The Kier molecular flexibility index (Phi) is 13.5. The molecule has 0 unspecified atom stereocenters. The minimum atomic E-state index is -4.61. The SMILES string of the molecule is Cc1ccc2c3ccccc3n(-c3ccc(-c4ccc(C#N)cc4C)c(-n4c5ccccc5c5ccc(C)cc54)c3C#N)c2c1.[C-]#[N+]c1cc(C(F)(F)F)ccc1-c1ccc(-n2c3ccccc3c3ccc(C)cc32)c(C#N)c1-n1c2ccccc2c2ccc(C)cc21. The average molecular weight is 1210 g/mol. The summed E-state index contributed by atoms with van der Waals surface area (Å²) in [7, 11) is 0. The van der Waals surface area contributed by atoms with Crippen molar-refractivity contribution in [3.05, 3.63) is 292 Å². The van der Waals surface area contributed by atoms with Gasteiger partial charge in [-0.15, -0.1) is 0 Å². The Bertz CT molecular complexity index is 6060. The molecule has 442 valence electrons. The van der Waals surface area contributed by atoms with Gasteiger partial charge in [0.2, 0.25) is 0 Å². The molecule has 16 aromatic rings. The van der Waals surface area contributed by atoms with Crippen molar-refractivity contribution in [2.24, 2.45) is 0 Å². The monoisotopic (exact) mass is 1210 g/mol. The molecule has 0 aliphatic carbocycles. The Balaban J connectivity index is 0.000000154. The summed E-state index contributed by atoms with van der Waals surface area (Å²) in [6, 6.07) is 82.6. The third-order valence-electron chi connectivity index (χ3n) is 18.2. The highest BCUT2D eigenvalue weighted by Crippen LogP contribution is 2.47. The molecule has 0 radical (unpaired) electrons. The van der Waals surface area contributed by atoms with Gasteiger partial charge in [0.25, 0.3) is 0 Å². The summed E-state index contributed by atoms with van der Waals surface area (Å²) in [5.74, 6) is 0. The van der Waals surface area contributed by atoms with Crippen LogP contribution in [0.4, 0.5) is 18.9 Å². The zero-order valence-electron chi connectivity index (χ0n) is 51.2. The number of rotatable bonds is 6. The standard InChI is InChI=1S/C41H25F3N4.C41H28N4/c1-24-12-15-30-28-8-4-6-10-35(28)47(38(30)20-24)37-19-18-32(27-17-14-26(41(42,43)44)22-34(27)46-3)40(33(37)23-45)48-36-11-7-5-9-29(36)31-16-13-25(2)21-39(31)48;1-25-12-15-32-30-8-4-6-10-36(30)44(39(32)20-25)38-19-18-34(29-17-14-28(23-42)22-27(29)3)41(35(38)24-43)45-37-11-7-5-9-31(37)33-16-13-26(2)21-40(33)45/h4-22H,1-2H3;4-22H,1-3H3. The molecule has 0 saturated carbocycles. The molecule has 16 rings (SSSR count). The van der Waals surface area contributed by atoms with Gasteiger partial charge in [0.05, 0.1) is 85.1 Å². The van der Waals surface area contributed by atoms with Gasteiger partial charge in [0.1, 0.15) is 23.3 Å². The molecule has 0 bridgehead atoms. The van der Waals surface area contributed by atoms with E-state index in [1.807, 2.05) is 104 Å². The third-order valence-corrected chi connectivity index (χ3v) is 18.2. The molecule has 0 fully saturated rings. The highest BCUT2D eigenvalue weighted by molar-refractivity contribution is 6.14. The number of benzene rings is 12. The van der Waals surface area contributed by atoms with E-state index in [1.54, 1.807) is 0 Å². The summed E-state index contributed by atoms with van der Waals surface area (Å²) < 4.78 is 50.0. The summed E-state index contributed by atoms with van der Waals surface area (Å²) in [5.41, 5.74) is 19.1. The summed E-state index contributed by atoms with van der Waals surface area (Å²) >= 11 is 0. The summed E-state index contributed by atoms with van der Waals surface area (Å²) in [5, 5.41) is 40.6. The maximum Gasteiger partial charge on any atom is 0.415 e. The van der Waals surface area contributed by atoms with Crippen LogP contribution in [0, 0.1) is 75.2 Å². The number of aromatic nitrogens is 4. The predicted octanol–water partition coefficient (Wildman–Crippen LogP) is 21.8. The minimum Gasteiger partial charge on any atom is -0.308 e. The lowest BCUT2D eigenvalue weighted by molar-refractivity contribution is -0.137. The number of hydrogen-bond acceptors (Lipinski definition) is 3. The van der Waals surface area contributed by atoms with Crippen LogP contribution in [0.15, 0.2) is 231 Å². The van der Waals surface area contributed by atoms with Gasteiger partial charge in [0.15, 0.2) is 5.69 Å². The number of alkyl halides is 3. The van der Waals surface area contributed by atoms with E-state index in [0.717, 1.165) is 150 Å². The van der Waals surface area contributed by atoms with E-state index in [4.69, 9.17) is 6.57 Å². The van der Waals surface area contributed by atoms with Gasteiger partial charge < -0.3 is 18.3 Å². The number of nitriles is 3. The molecule has 11 heteroatoms. The molecule has 8 nitrogen and oxygen atoms in total. The third kappa shape index (κ3) is 9.09. The first-order chi connectivity index (χ1) is 45.2. The molecule has 0 aliphatic rings. The Labute approximate surface area is 533 Å². The van der Waals surface area contributed by atoms with E-state index >= 15 is 0 Å². The van der Waals surface area contributed by atoms with Gasteiger partial charge in [-0.2, -0.15) is 29.0 Å². The first-order valence-electron chi connectivity index (χ1n) is 30.4. The molecule has 4 aromatic heterocycles. The van der Waals surface area contributed by atoms with Crippen LogP contribution < -0.4 is 0 Å². The molecule has 0 atom stereocenters. The van der Waals surface area contributed by atoms with Crippen LogP contribution in [-0.2, 0) is 6.18 Å². The van der Waals surface area contributed by atoms with E-state index in [-0.39, 0.29) is 5.69 Å². The van der Waals surface area contributed by atoms with E-state index in [2.05, 4.69) is 184 Å². The van der Waals surface area contributed by atoms with Crippen LogP contribution in [-0.4, -0.2) is 18.3 Å². The van der Waals surface area contributed by atoms with Crippen LogP contribution in [0.25, 0.3) is 137 Å². The zero-order valence-corrected chi connectivity index (χ0v) is 51.2. The van der Waals surface area contributed by atoms with Gasteiger partial charge in [0, 0.05) is 54.2 Å². The van der Waals surface area contributed by atoms with Gasteiger partial charge in [-0.3, -0.25) is 0 Å². The van der Waals surface area contributed by atoms with Crippen LogP contribution in [0.3, 0.4) is 0 Å². The van der Waals surface area contributed by atoms with Crippen molar-refractivity contribution in [3.8, 4) is 63.2 Å². The largest absolute Gasteiger partial charge is 0.415 e. The highest BCUT2D eigenvalue weighted by atomic mass is 19.4. The zero-order chi connectivity index (χ0) is 64.1. The van der Waals surface area contributed by atoms with Gasteiger partial charge >= 0.3 is 6.18 Å². The molecule has 0 amide bonds. The van der Waals surface area contributed by atoms with E-state index in [1.165, 1.54) is 6.07 Å². The normalized spacial score (nSPS) is 11.6. The number of nitrogens with zero attached hydrogens (tertiary/aromatic N) is 8. The summed E-state index contributed by atoms with van der Waals surface area (Å²) in [6.45, 7) is 18.2. The molecule has 93 heavy (non-hydrogen) atoms. The number of fused-ring (bicyclic) bond motifs is 12. The van der Waals surface area contributed by atoms with Gasteiger partial charge in [-0.25, -0.2) is 4.85 Å². The first-order valence-corrected chi connectivity index (χ1v) is 30.4. The first kappa shape index (κ1) is 57.1. The molecule has 0 N–H and O–H groups in total. The Morgan fingerprint density at radius 2 is 0.688 bits per heavy atom. The Morgan fingerprint density at radius 1 is 0.344 bits per heavy atom. The van der Waals surface area contributed by atoms with Crippen molar-refractivity contribution in [1.82, 2.24) is 18.3 Å². The fourth-order valence-electron chi connectivity index (χ4n) is 14.0. The number of aryl methyl sites for hydroxylation is 5. The number of halogens is 3. The maximum atomic E-state index is 13.8. The fourth-order valence-corrected chi connectivity index (χ4v) is 14.0. The second-order valence-corrected chi connectivity index (χ2v) is 23.9. The lowest BCUT2D eigenvalue weighted by atomic mass is 9.94. The van der Waals surface area contributed by atoms with E-state index in [9.17, 15) is 29.0 Å². The predicted molar refractivity (Wildman–Crippen MR) is 370 cm³/mol. The van der Waals surface area contributed by atoms with Gasteiger partial charge in [-0.1, -0.05) is 152 Å². The minimum absolute atomic E-state index is 0.146. The number of para-hydroxylation sites is 4. The highest BCUT2D eigenvalue weighted by Gasteiger charge is 2.33. The molecule has 12 aromatic carbocycles. The van der Waals surface area contributed by atoms with E-state index in [0.29, 0.717) is 39.2 Å². The van der Waals surface area contributed by atoms with Crippen molar-refractivity contribution in [3.63, 3.8) is 0 Å². The molecule has 0 spiro atoms. The lowest BCUT2D eigenvalue weighted by Crippen LogP contribution is -2.07. The van der Waals surface area contributed by atoms with Crippen molar-refractivity contribution < 1.29 is 13.2 Å². The molecule has 0 saturated heterocycles. The lowest BCUT2D eigenvalue weighted by Gasteiger charge is -2.21. The summed E-state index contributed by atoms with van der Waals surface area (Å²) in [6.07, 6.45) is -4.61. The van der Waals surface area contributed by atoms with Crippen LogP contribution in [0.1, 0.15) is 50.1 Å². The summed E-state index contributed by atoms with van der Waals surface area (Å²) in [4.78, 5) is 3.55. The van der Waals surface area contributed by atoms with Crippen molar-refractivity contribution in [2.45, 2.75) is 40.8 Å². The molecular formula is C82H53F3N8. The molecular weight excluding hydrogens is 1150 g/mol. The van der Waals surface area contributed by atoms with Crippen molar-refractivity contribution in [2.75, 3.05) is 0 Å². The van der Waals surface area contributed by atoms with Crippen molar-refractivity contribution in [1.29, 1.82) is 15.8 Å². The fraction of sp³-hybridized carbons (Fsp3) is 0.0732. The second-order valence-electron chi connectivity index (χ2n) is 23.9. The van der Waals surface area contributed by atoms with Crippen molar-refractivity contribution >= 4 is 92.9 Å². The van der Waals surface area contributed by atoms with Crippen LogP contribution in [0.5, 0.6) is 0 Å². The maximum absolute atomic E-state index is 13.8. The van der Waals surface area contributed by atoms with Crippen LogP contribution >= 0.6 is 0 Å². The molecule has 0 aliphatic heterocycles. The number of hydrogen-bond donors (Lipinski definition) is 0. The van der Waals surface area contributed by atoms with Gasteiger partial charge in [-0.05, 0) is 158 Å². The van der Waals surface area contributed by atoms with Crippen LogP contribution in [0.2, 0.25) is 0 Å². The topological polar surface area (TPSA) is 95.4 Å². The Morgan fingerprint density at radius 3 is 1.05 bits per heavy atom. The molecule has 4 heterocycles.